The van der Waals surface area contributed by atoms with Gasteiger partial charge in [-0.15, -0.1) is 11.6 Å². The molecule has 98 valence electrons. The van der Waals surface area contributed by atoms with Crippen LogP contribution in [0.3, 0.4) is 0 Å². The maximum atomic E-state index is 5.95. The molecule has 0 radical (unpaired) electrons. The van der Waals surface area contributed by atoms with Crippen LogP contribution in [0.15, 0.2) is 12.1 Å². The van der Waals surface area contributed by atoms with Crippen molar-refractivity contribution in [1.82, 2.24) is 4.98 Å². The average Bonchev–Trinajstić information content (AvgIpc) is 2.85. The summed E-state index contributed by atoms with van der Waals surface area (Å²) in [5, 5.41) is 0. The highest BCUT2D eigenvalue weighted by Gasteiger charge is 2.36. The van der Waals surface area contributed by atoms with E-state index in [1.54, 1.807) is 0 Å². The van der Waals surface area contributed by atoms with Crippen molar-refractivity contribution in [3.63, 3.8) is 0 Å². The second-order valence-electron chi connectivity index (χ2n) is 5.21. The minimum atomic E-state index is 0.403. The summed E-state index contributed by atoms with van der Waals surface area (Å²) in [4.78, 5) is 7.10. The number of fused-ring (bicyclic) bond motifs is 1. The van der Waals surface area contributed by atoms with Gasteiger partial charge < -0.3 is 9.64 Å². The Hall–Kier alpha value is -0.800. The molecular weight excluding hydrogens is 248 g/mol. The van der Waals surface area contributed by atoms with Crippen LogP contribution < -0.4 is 4.90 Å². The smallest absolute Gasteiger partial charge is 0.129 e. The first kappa shape index (κ1) is 12.2. The molecule has 2 heterocycles. The molecule has 18 heavy (non-hydrogen) atoms. The molecular formula is C14H19ClN2O. The van der Waals surface area contributed by atoms with E-state index >= 15 is 0 Å². The average molecular weight is 267 g/mol. The third kappa shape index (κ3) is 2.21. The zero-order chi connectivity index (χ0) is 12.5. The lowest BCUT2D eigenvalue weighted by atomic mass is 10.1. The van der Waals surface area contributed by atoms with Gasteiger partial charge in [-0.05, 0) is 43.9 Å². The van der Waals surface area contributed by atoms with E-state index in [0.29, 0.717) is 18.0 Å². The van der Waals surface area contributed by atoms with E-state index in [1.807, 2.05) is 6.92 Å². The van der Waals surface area contributed by atoms with Crippen molar-refractivity contribution < 1.29 is 4.74 Å². The van der Waals surface area contributed by atoms with Crippen molar-refractivity contribution in [2.75, 3.05) is 18.1 Å². The highest BCUT2D eigenvalue weighted by molar-refractivity contribution is 6.17. The lowest BCUT2D eigenvalue weighted by Gasteiger charge is -2.38. The van der Waals surface area contributed by atoms with E-state index in [4.69, 9.17) is 16.3 Å². The first-order valence-corrected chi connectivity index (χ1v) is 7.23. The number of ether oxygens (including phenoxy) is 1. The van der Waals surface area contributed by atoms with Crippen LogP contribution in [-0.2, 0) is 10.6 Å². The Morgan fingerprint density at radius 1 is 1.44 bits per heavy atom. The minimum absolute atomic E-state index is 0.403. The molecule has 0 aromatic carbocycles. The lowest BCUT2D eigenvalue weighted by molar-refractivity contribution is 0.0253. The van der Waals surface area contributed by atoms with Gasteiger partial charge in [-0.1, -0.05) is 0 Å². The van der Waals surface area contributed by atoms with E-state index < -0.39 is 0 Å². The topological polar surface area (TPSA) is 25.4 Å². The summed E-state index contributed by atoms with van der Waals surface area (Å²) in [6.07, 6.45) is 4.08. The standard InChI is InChI=1S/C14H19ClN2O/c1-10-7-11(9-15)8-14(16-10)17-5-6-18-13-4-2-3-12(13)17/h7-8,12-13H,2-6,9H2,1H3. The first-order chi connectivity index (χ1) is 8.78. The summed E-state index contributed by atoms with van der Waals surface area (Å²) >= 11 is 5.95. The van der Waals surface area contributed by atoms with Crippen molar-refractivity contribution >= 4 is 17.4 Å². The molecule has 1 saturated heterocycles. The zero-order valence-electron chi connectivity index (χ0n) is 10.7. The Kier molecular flexibility index (Phi) is 3.44. The monoisotopic (exact) mass is 266 g/mol. The molecule has 0 N–H and O–H groups in total. The molecule has 1 aromatic rings. The highest BCUT2D eigenvalue weighted by Crippen LogP contribution is 2.32. The quantitative estimate of drug-likeness (QED) is 0.770. The van der Waals surface area contributed by atoms with Crippen molar-refractivity contribution in [1.29, 1.82) is 0 Å². The van der Waals surface area contributed by atoms with E-state index in [2.05, 4.69) is 22.0 Å². The summed E-state index contributed by atoms with van der Waals surface area (Å²) < 4.78 is 5.84. The largest absolute Gasteiger partial charge is 0.374 e. The number of pyridine rings is 1. The van der Waals surface area contributed by atoms with E-state index in [0.717, 1.165) is 30.2 Å². The van der Waals surface area contributed by atoms with Gasteiger partial charge in [0.2, 0.25) is 0 Å². The Morgan fingerprint density at radius 2 is 2.33 bits per heavy atom. The summed E-state index contributed by atoms with van der Waals surface area (Å²) in [6, 6.07) is 4.69. The summed E-state index contributed by atoms with van der Waals surface area (Å²) in [5.41, 5.74) is 2.20. The number of morpholine rings is 1. The number of halogens is 1. The first-order valence-electron chi connectivity index (χ1n) is 6.69. The second kappa shape index (κ2) is 5.06. The zero-order valence-corrected chi connectivity index (χ0v) is 11.5. The molecule has 1 saturated carbocycles. The van der Waals surface area contributed by atoms with Crippen molar-refractivity contribution in [2.45, 2.75) is 44.2 Å². The maximum Gasteiger partial charge on any atom is 0.129 e. The summed E-state index contributed by atoms with van der Waals surface area (Å²) in [7, 11) is 0. The molecule has 2 atom stereocenters. The molecule has 1 aliphatic heterocycles. The van der Waals surface area contributed by atoms with Gasteiger partial charge in [0.1, 0.15) is 5.82 Å². The second-order valence-corrected chi connectivity index (χ2v) is 5.48. The van der Waals surface area contributed by atoms with E-state index in [-0.39, 0.29) is 0 Å². The van der Waals surface area contributed by atoms with Gasteiger partial charge in [-0.25, -0.2) is 4.98 Å². The molecule has 1 aromatic heterocycles. The molecule has 0 amide bonds. The number of hydrogen-bond acceptors (Lipinski definition) is 3. The summed E-state index contributed by atoms with van der Waals surface area (Å²) in [6.45, 7) is 3.79. The molecule has 2 fully saturated rings. The number of aromatic nitrogens is 1. The molecule has 4 heteroatoms. The van der Waals surface area contributed by atoms with Crippen LogP contribution in [0.2, 0.25) is 0 Å². The predicted octanol–water partition coefficient (Wildman–Crippen LogP) is 2.89. The van der Waals surface area contributed by atoms with E-state index in [9.17, 15) is 0 Å². The summed E-state index contributed by atoms with van der Waals surface area (Å²) in [5.74, 6) is 1.63. The molecule has 3 nitrogen and oxygen atoms in total. The van der Waals surface area contributed by atoms with Crippen molar-refractivity contribution in [2.24, 2.45) is 0 Å². The third-order valence-electron chi connectivity index (χ3n) is 3.93. The van der Waals surface area contributed by atoms with Crippen LogP contribution in [0.4, 0.5) is 5.82 Å². The number of aryl methyl sites for hydroxylation is 1. The maximum absolute atomic E-state index is 5.95. The van der Waals surface area contributed by atoms with Crippen molar-refractivity contribution in [3.05, 3.63) is 23.4 Å². The molecule has 3 rings (SSSR count). The molecule has 1 aliphatic carbocycles. The Balaban J connectivity index is 1.90. The Bertz CT molecular complexity index is 438. The molecule has 2 aliphatic rings. The van der Waals surface area contributed by atoms with Crippen LogP contribution >= 0.6 is 11.6 Å². The molecule has 0 bridgehead atoms. The number of alkyl halides is 1. The fourth-order valence-corrected chi connectivity index (χ4v) is 3.31. The SMILES string of the molecule is Cc1cc(CCl)cc(N2CCOC3CCCC32)n1. The van der Waals surface area contributed by atoms with Gasteiger partial charge in [0.25, 0.3) is 0 Å². The Morgan fingerprint density at radius 3 is 3.17 bits per heavy atom. The van der Waals surface area contributed by atoms with Crippen LogP contribution in [0.25, 0.3) is 0 Å². The van der Waals surface area contributed by atoms with Gasteiger partial charge >= 0.3 is 0 Å². The van der Waals surface area contributed by atoms with Gasteiger partial charge in [0, 0.05) is 18.1 Å². The highest BCUT2D eigenvalue weighted by atomic mass is 35.5. The van der Waals surface area contributed by atoms with Crippen LogP contribution in [0, 0.1) is 6.92 Å². The fourth-order valence-electron chi connectivity index (χ4n) is 3.16. The van der Waals surface area contributed by atoms with Crippen LogP contribution in [0.1, 0.15) is 30.5 Å². The minimum Gasteiger partial charge on any atom is -0.374 e. The number of rotatable bonds is 2. The van der Waals surface area contributed by atoms with Gasteiger partial charge in [0.05, 0.1) is 18.8 Å². The molecule has 0 spiro atoms. The van der Waals surface area contributed by atoms with Crippen molar-refractivity contribution in [3.8, 4) is 0 Å². The normalized spacial score (nSPS) is 27.3. The fraction of sp³-hybridized carbons (Fsp3) is 0.643. The van der Waals surface area contributed by atoms with Crippen LogP contribution in [0.5, 0.6) is 0 Å². The third-order valence-corrected chi connectivity index (χ3v) is 4.24. The lowest BCUT2D eigenvalue weighted by Crippen LogP contribution is -2.49. The van der Waals surface area contributed by atoms with Crippen LogP contribution in [-0.4, -0.2) is 30.3 Å². The number of anilines is 1. The number of nitrogens with zero attached hydrogens (tertiary/aromatic N) is 2. The van der Waals surface area contributed by atoms with Gasteiger partial charge in [0.15, 0.2) is 0 Å². The van der Waals surface area contributed by atoms with Gasteiger partial charge in [-0.2, -0.15) is 0 Å². The van der Waals surface area contributed by atoms with Gasteiger partial charge in [-0.3, -0.25) is 0 Å². The predicted molar refractivity (Wildman–Crippen MR) is 73.3 cm³/mol. The number of hydrogen-bond donors (Lipinski definition) is 0. The Labute approximate surface area is 113 Å². The molecule has 2 unspecified atom stereocenters. The van der Waals surface area contributed by atoms with E-state index in [1.165, 1.54) is 19.3 Å².